The molecule has 1 aliphatic heterocycles. The van der Waals surface area contributed by atoms with E-state index in [0.717, 1.165) is 5.56 Å². The third-order valence-corrected chi connectivity index (χ3v) is 2.59. The van der Waals surface area contributed by atoms with Crippen molar-refractivity contribution in [3.63, 3.8) is 0 Å². The molecule has 6 heteroatoms. The summed E-state index contributed by atoms with van der Waals surface area (Å²) in [5.41, 5.74) is 0.768. The molecule has 1 aromatic rings. The zero-order chi connectivity index (χ0) is 12.3. The van der Waals surface area contributed by atoms with Crippen LogP contribution in [0.25, 0.3) is 0 Å². The van der Waals surface area contributed by atoms with Crippen LogP contribution in [-0.4, -0.2) is 33.9 Å². The van der Waals surface area contributed by atoms with Crippen molar-refractivity contribution in [2.24, 2.45) is 0 Å². The van der Waals surface area contributed by atoms with Gasteiger partial charge in [0.25, 0.3) is 0 Å². The Kier molecular flexibility index (Phi) is 4.11. The van der Waals surface area contributed by atoms with E-state index in [-0.39, 0.29) is 0 Å². The van der Waals surface area contributed by atoms with Crippen molar-refractivity contribution >= 4 is 23.6 Å². The summed E-state index contributed by atoms with van der Waals surface area (Å²) >= 11 is 11.8. The van der Waals surface area contributed by atoms with Crippen molar-refractivity contribution in [3.8, 4) is 18.1 Å². The third-order valence-electron chi connectivity index (χ3n) is 2.16. The number of hydrogen-bond acceptors (Lipinski definition) is 4. The van der Waals surface area contributed by atoms with Gasteiger partial charge in [-0.15, -0.1) is 11.5 Å². The Bertz CT molecular complexity index is 425. The summed E-state index contributed by atoms with van der Waals surface area (Å²) in [7, 11) is 0. The predicted molar refractivity (Wildman–Crippen MR) is 66.8 cm³/mol. The van der Waals surface area contributed by atoms with E-state index in [9.17, 15) is 0 Å². The second kappa shape index (κ2) is 5.58. The van der Waals surface area contributed by atoms with Gasteiger partial charge in [-0.3, -0.25) is 0 Å². The molecule has 0 atom stereocenters. The van der Waals surface area contributed by atoms with Gasteiger partial charge in [0.1, 0.15) is 19.1 Å². The Labute approximate surface area is 110 Å². The Hall–Kier alpha value is -0.960. The maximum absolute atomic E-state index is 5.88. The first-order valence-electron chi connectivity index (χ1n) is 4.98. The third kappa shape index (κ3) is 3.50. The van der Waals surface area contributed by atoms with Crippen LogP contribution in [0.4, 0.5) is 0 Å². The van der Waals surface area contributed by atoms with E-state index in [1.165, 1.54) is 8.84 Å². The Balaban J connectivity index is 2.02. The highest BCUT2D eigenvalue weighted by molar-refractivity contribution is 6.15. The van der Waals surface area contributed by atoms with Gasteiger partial charge in [0.15, 0.2) is 0 Å². The van der Waals surface area contributed by atoms with Crippen LogP contribution >= 0.6 is 23.6 Å². The van der Waals surface area contributed by atoms with Crippen LogP contribution in [0.5, 0.6) is 5.75 Å². The maximum atomic E-state index is 5.88. The fraction of sp³-hybridized carbons (Fsp3) is 0.273. The molecule has 0 amide bonds. The smallest absolute Gasteiger partial charge is 0.148 e. The van der Waals surface area contributed by atoms with Gasteiger partial charge in [-0.2, -0.15) is 8.84 Å². The van der Waals surface area contributed by atoms with Crippen LogP contribution in [0.2, 0.25) is 0 Å². The number of hydrogen-bond donors (Lipinski definition) is 0. The average molecular weight is 272 g/mol. The lowest BCUT2D eigenvalue weighted by atomic mass is 10.2. The van der Waals surface area contributed by atoms with Crippen LogP contribution in [0.15, 0.2) is 24.3 Å². The van der Waals surface area contributed by atoms with Crippen molar-refractivity contribution in [1.82, 2.24) is 13.9 Å². The Morgan fingerprint density at radius 2 is 1.88 bits per heavy atom. The molecule has 1 aromatic carbocycles. The van der Waals surface area contributed by atoms with Crippen molar-refractivity contribution < 1.29 is 4.84 Å². The van der Waals surface area contributed by atoms with Crippen LogP contribution < -0.4 is 4.84 Å². The fourth-order valence-corrected chi connectivity index (χ4v) is 2.04. The van der Waals surface area contributed by atoms with E-state index < -0.39 is 0 Å². The molecule has 0 bridgehead atoms. The van der Waals surface area contributed by atoms with Crippen molar-refractivity contribution in [3.05, 3.63) is 29.8 Å². The van der Waals surface area contributed by atoms with Gasteiger partial charge in [-0.25, -0.2) is 0 Å². The van der Waals surface area contributed by atoms with Gasteiger partial charge in [-0.1, -0.05) is 12.0 Å². The largest absolute Gasteiger partial charge is 0.403 e. The van der Waals surface area contributed by atoms with Crippen molar-refractivity contribution in [2.75, 3.05) is 20.0 Å². The Morgan fingerprint density at radius 3 is 2.53 bits per heavy atom. The second-order valence-corrected chi connectivity index (χ2v) is 4.55. The van der Waals surface area contributed by atoms with E-state index >= 15 is 0 Å². The SMILES string of the molecule is C#Cc1cccc(ON2CN(Cl)CN(Cl)C2)c1. The normalized spacial score (nSPS) is 18.9. The minimum absolute atomic E-state index is 0.463. The van der Waals surface area contributed by atoms with Gasteiger partial charge in [0.05, 0.1) is 6.67 Å². The number of benzene rings is 1. The van der Waals surface area contributed by atoms with E-state index in [4.69, 9.17) is 34.8 Å². The number of nitrogens with zero attached hydrogens (tertiary/aromatic N) is 3. The molecule has 2 rings (SSSR count). The molecule has 0 radical (unpaired) electrons. The topological polar surface area (TPSA) is 19.0 Å². The van der Waals surface area contributed by atoms with E-state index in [2.05, 4.69) is 5.92 Å². The molecule has 1 saturated heterocycles. The molecule has 0 unspecified atom stereocenters. The molecule has 0 N–H and O–H groups in total. The first kappa shape index (κ1) is 12.5. The van der Waals surface area contributed by atoms with Gasteiger partial charge in [-0.05, 0) is 41.8 Å². The first-order chi connectivity index (χ1) is 8.17. The van der Waals surface area contributed by atoms with Crippen LogP contribution in [-0.2, 0) is 0 Å². The summed E-state index contributed by atoms with van der Waals surface area (Å²) in [5.74, 6) is 3.22. The summed E-state index contributed by atoms with van der Waals surface area (Å²) in [6.45, 7) is 1.41. The molecule has 1 aliphatic rings. The lowest BCUT2D eigenvalue weighted by Crippen LogP contribution is -2.49. The van der Waals surface area contributed by atoms with Crippen molar-refractivity contribution in [2.45, 2.75) is 0 Å². The van der Waals surface area contributed by atoms with E-state index in [1.807, 2.05) is 18.2 Å². The van der Waals surface area contributed by atoms with Crippen LogP contribution in [0.3, 0.4) is 0 Å². The average Bonchev–Trinajstić information content (AvgIpc) is 2.28. The number of terminal acetylenes is 1. The van der Waals surface area contributed by atoms with E-state index in [1.54, 1.807) is 11.1 Å². The predicted octanol–water partition coefficient (Wildman–Crippen LogP) is 2.06. The minimum Gasteiger partial charge on any atom is -0.403 e. The summed E-state index contributed by atoms with van der Waals surface area (Å²) in [6.07, 6.45) is 5.32. The number of hydroxylamine groups is 2. The van der Waals surface area contributed by atoms with E-state index in [0.29, 0.717) is 25.8 Å². The highest BCUT2D eigenvalue weighted by Gasteiger charge is 2.22. The zero-order valence-corrected chi connectivity index (χ0v) is 10.5. The van der Waals surface area contributed by atoms with Crippen LogP contribution in [0.1, 0.15) is 5.56 Å². The molecule has 0 spiro atoms. The van der Waals surface area contributed by atoms with Gasteiger partial charge < -0.3 is 4.84 Å². The highest BCUT2D eigenvalue weighted by Crippen LogP contribution is 2.17. The lowest BCUT2D eigenvalue weighted by molar-refractivity contribution is -0.132. The molecular weight excluding hydrogens is 261 g/mol. The molecule has 0 saturated carbocycles. The molecule has 0 aromatic heterocycles. The number of rotatable bonds is 2. The Morgan fingerprint density at radius 1 is 1.18 bits per heavy atom. The van der Waals surface area contributed by atoms with Gasteiger partial charge in [0.2, 0.25) is 0 Å². The first-order valence-corrected chi connectivity index (χ1v) is 5.66. The van der Waals surface area contributed by atoms with Crippen LogP contribution in [0, 0.1) is 12.3 Å². The minimum atomic E-state index is 0.463. The van der Waals surface area contributed by atoms with Gasteiger partial charge in [0, 0.05) is 5.56 Å². The maximum Gasteiger partial charge on any atom is 0.148 e. The fourth-order valence-electron chi connectivity index (χ4n) is 1.49. The molecule has 17 heavy (non-hydrogen) atoms. The zero-order valence-electron chi connectivity index (χ0n) is 9.01. The lowest BCUT2D eigenvalue weighted by Gasteiger charge is -2.34. The molecular formula is C11H11Cl2N3O. The molecule has 1 heterocycles. The molecule has 90 valence electrons. The van der Waals surface area contributed by atoms with Gasteiger partial charge >= 0.3 is 0 Å². The highest BCUT2D eigenvalue weighted by atomic mass is 35.5. The standard InChI is InChI=1S/C11H11Cl2N3O/c1-2-10-4-3-5-11(6-10)17-16-8-14(12)7-15(13)9-16/h1,3-6H,7-9H2. The number of halogens is 2. The molecule has 1 fully saturated rings. The summed E-state index contributed by atoms with van der Waals surface area (Å²) in [4.78, 5) is 5.62. The monoisotopic (exact) mass is 271 g/mol. The second-order valence-electron chi connectivity index (χ2n) is 3.59. The molecule has 0 aliphatic carbocycles. The quantitative estimate of drug-likeness (QED) is 0.606. The summed E-state index contributed by atoms with van der Waals surface area (Å²) < 4.78 is 3.03. The summed E-state index contributed by atoms with van der Waals surface area (Å²) in [5, 5.41) is 1.64. The summed E-state index contributed by atoms with van der Waals surface area (Å²) in [6, 6.07) is 7.29. The van der Waals surface area contributed by atoms with Crippen molar-refractivity contribution in [1.29, 1.82) is 0 Å². The molecule has 4 nitrogen and oxygen atoms in total.